The molecular formula is C25H24BrNO6. The van der Waals surface area contributed by atoms with Crippen molar-refractivity contribution in [1.29, 1.82) is 0 Å². The van der Waals surface area contributed by atoms with Gasteiger partial charge in [-0.1, -0.05) is 28.1 Å². The number of nitrogens with zero attached hydrogens (tertiary/aromatic N) is 1. The molecule has 1 aliphatic heterocycles. The summed E-state index contributed by atoms with van der Waals surface area (Å²) in [7, 11) is 1.53. The number of rotatable bonds is 8. The van der Waals surface area contributed by atoms with Crippen LogP contribution in [0, 0.1) is 0 Å². The highest BCUT2D eigenvalue weighted by Crippen LogP contribution is 2.40. The van der Waals surface area contributed by atoms with Crippen LogP contribution in [0.1, 0.15) is 36.0 Å². The van der Waals surface area contributed by atoms with Crippen LogP contribution in [0.15, 0.2) is 68.8 Å². The van der Waals surface area contributed by atoms with Crippen LogP contribution in [0.3, 0.4) is 0 Å². The monoisotopic (exact) mass is 513 g/mol. The van der Waals surface area contributed by atoms with Crippen molar-refractivity contribution in [2.45, 2.75) is 26.0 Å². The fraction of sp³-hybridized carbons (Fsp3) is 0.280. The lowest BCUT2D eigenvalue weighted by molar-refractivity contribution is -0.130. The van der Waals surface area contributed by atoms with Gasteiger partial charge in [-0.15, -0.1) is 0 Å². The number of furan rings is 1. The number of fused-ring (bicyclic) bond motifs is 1. The van der Waals surface area contributed by atoms with Crippen molar-refractivity contribution in [3.05, 3.63) is 75.7 Å². The maximum Gasteiger partial charge on any atom is 0.290 e. The van der Waals surface area contributed by atoms with Crippen LogP contribution in [0.5, 0.6) is 5.75 Å². The fourth-order valence-corrected chi connectivity index (χ4v) is 4.29. The molecule has 8 heteroatoms. The molecule has 1 unspecified atom stereocenters. The van der Waals surface area contributed by atoms with Gasteiger partial charge in [0.2, 0.25) is 5.78 Å². The molecule has 33 heavy (non-hydrogen) atoms. The summed E-state index contributed by atoms with van der Waals surface area (Å²) in [5.74, 6) is -1.02. The molecule has 172 valence electrons. The Kier molecular flexibility index (Phi) is 6.58. The van der Waals surface area contributed by atoms with Crippen LogP contribution in [0.4, 0.5) is 0 Å². The SMILES string of the molecule is COCCN1C(=O)C(O)=C(C(=O)c2cc3cc(Br)ccc3o2)C1c1ccc(OC(C)C)cc1. The van der Waals surface area contributed by atoms with Gasteiger partial charge in [0.1, 0.15) is 11.3 Å². The highest BCUT2D eigenvalue weighted by Gasteiger charge is 2.44. The molecule has 0 bridgehead atoms. The Morgan fingerprint density at radius 2 is 1.91 bits per heavy atom. The van der Waals surface area contributed by atoms with E-state index in [1.807, 2.05) is 26.0 Å². The van der Waals surface area contributed by atoms with Crippen LogP contribution in [-0.4, -0.2) is 48.1 Å². The zero-order valence-electron chi connectivity index (χ0n) is 18.5. The molecule has 2 heterocycles. The fourth-order valence-electron chi connectivity index (χ4n) is 3.91. The Morgan fingerprint density at radius 1 is 1.18 bits per heavy atom. The Balaban J connectivity index is 1.75. The van der Waals surface area contributed by atoms with Gasteiger partial charge in [-0.05, 0) is 55.8 Å². The van der Waals surface area contributed by atoms with Gasteiger partial charge in [-0.25, -0.2) is 0 Å². The predicted octanol–water partition coefficient (Wildman–Crippen LogP) is 5.21. The van der Waals surface area contributed by atoms with Crippen molar-refractivity contribution in [3.63, 3.8) is 0 Å². The first kappa shape index (κ1) is 23.1. The van der Waals surface area contributed by atoms with E-state index in [0.717, 1.165) is 9.86 Å². The maximum absolute atomic E-state index is 13.5. The molecule has 1 N–H and O–H groups in total. The number of methoxy groups -OCH3 is 1. The zero-order chi connectivity index (χ0) is 23.7. The second kappa shape index (κ2) is 9.41. The molecule has 3 aromatic rings. The van der Waals surface area contributed by atoms with E-state index in [1.165, 1.54) is 12.0 Å². The summed E-state index contributed by atoms with van der Waals surface area (Å²) in [5, 5.41) is 11.5. The average Bonchev–Trinajstić information content (AvgIpc) is 3.31. The van der Waals surface area contributed by atoms with Gasteiger partial charge >= 0.3 is 0 Å². The molecule has 1 aliphatic rings. The molecule has 0 aliphatic carbocycles. The van der Waals surface area contributed by atoms with Gasteiger partial charge in [0, 0.05) is 23.5 Å². The van der Waals surface area contributed by atoms with E-state index in [-0.39, 0.29) is 30.6 Å². The average molecular weight is 514 g/mol. The summed E-state index contributed by atoms with van der Waals surface area (Å²) in [6, 6.07) is 13.4. The second-order valence-corrected chi connectivity index (χ2v) is 8.93. The Morgan fingerprint density at radius 3 is 2.58 bits per heavy atom. The normalized spacial score (nSPS) is 16.3. The molecule has 7 nitrogen and oxygen atoms in total. The first-order chi connectivity index (χ1) is 15.8. The summed E-state index contributed by atoms with van der Waals surface area (Å²) in [6.07, 6.45) is 0.0105. The largest absolute Gasteiger partial charge is 0.503 e. The van der Waals surface area contributed by atoms with E-state index in [9.17, 15) is 14.7 Å². The number of benzene rings is 2. The first-order valence-electron chi connectivity index (χ1n) is 10.5. The second-order valence-electron chi connectivity index (χ2n) is 8.01. The van der Waals surface area contributed by atoms with Crippen LogP contribution < -0.4 is 4.74 Å². The minimum Gasteiger partial charge on any atom is -0.503 e. The molecular weight excluding hydrogens is 490 g/mol. The summed E-state index contributed by atoms with van der Waals surface area (Å²) < 4.78 is 17.5. The van der Waals surface area contributed by atoms with Crippen molar-refractivity contribution in [3.8, 4) is 5.75 Å². The van der Waals surface area contributed by atoms with E-state index in [1.54, 1.807) is 36.4 Å². The number of aliphatic hydroxyl groups excluding tert-OH is 1. The quantitative estimate of drug-likeness (QED) is 0.416. The van der Waals surface area contributed by atoms with Crippen molar-refractivity contribution in [2.24, 2.45) is 0 Å². The van der Waals surface area contributed by atoms with E-state index >= 15 is 0 Å². The van der Waals surface area contributed by atoms with E-state index < -0.39 is 23.5 Å². The molecule has 1 amide bonds. The standard InChI is InChI=1S/C25H24BrNO6/c1-14(2)32-18-7-4-15(5-8-18)22-21(24(29)25(30)27(22)10-11-31-3)23(28)20-13-16-12-17(26)6-9-19(16)33-20/h4-9,12-14,22,29H,10-11H2,1-3H3. The molecule has 0 radical (unpaired) electrons. The Bertz CT molecular complexity index is 1230. The zero-order valence-corrected chi connectivity index (χ0v) is 20.1. The topological polar surface area (TPSA) is 89.2 Å². The van der Waals surface area contributed by atoms with E-state index in [2.05, 4.69) is 15.9 Å². The number of amides is 1. The lowest BCUT2D eigenvalue weighted by Gasteiger charge is -2.26. The van der Waals surface area contributed by atoms with E-state index in [0.29, 0.717) is 16.9 Å². The van der Waals surface area contributed by atoms with Gasteiger partial charge in [0.25, 0.3) is 5.91 Å². The van der Waals surface area contributed by atoms with Crippen molar-refractivity contribution >= 4 is 38.6 Å². The summed E-state index contributed by atoms with van der Waals surface area (Å²) in [4.78, 5) is 27.9. The highest BCUT2D eigenvalue weighted by molar-refractivity contribution is 9.10. The number of Topliss-reactive ketones (excluding diaryl/α,β-unsaturated/α-hetero) is 1. The number of halogens is 1. The molecule has 2 aromatic carbocycles. The van der Waals surface area contributed by atoms with Gasteiger partial charge in [-0.3, -0.25) is 9.59 Å². The summed E-state index contributed by atoms with van der Waals surface area (Å²) in [6.45, 7) is 4.32. The van der Waals surface area contributed by atoms with Crippen molar-refractivity contribution < 1.29 is 28.6 Å². The molecule has 1 atom stereocenters. The number of ketones is 1. The van der Waals surface area contributed by atoms with Crippen LogP contribution in [0.2, 0.25) is 0 Å². The van der Waals surface area contributed by atoms with Gasteiger partial charge in [0.05, 0.1) is 24.3 Å². The van der Waals surface area contributed by atoms with E-state index in [4.69, 9.17) is 13.9 Å². The molecule has 0 fully saturated rings. The summed E-state index contributed by atoms with van der Waals surface area (Å²) >= 11 is 3.41. The minimum atomic E-state index is -0.784. The number of ether oxygens (including phenoxy) is 2. The van der Waals surface area contributed by atoms with Crippen LogP contribution in [0.25, 0.3) is 11.0 Å². The number of aliphatic hydroxyl groups is 1. The molecule has 4 rings (SSSR count). The van der Waals surface area contributed by atoms with Gasteiger partial charge < -0.3 is 23.9 Å². The van der Waals surface area contributed by atoms with Crippen molar-refractivity contribution in [2.75, 3.05) is 20.3 Å². The van der Waals surface area contributed by atoms with Crippen LogP contribution >= 0.6 is 15.9 Å². The number of hydrogen-bond acceptors (Lipinski definition) is 6. The van der Waals surface area contributed by atoms with Gasteiger partial charge in [-0.2, -0.15) is 0 Å². The Hall–Kier alpha value is -3.10. The molecule has 1 aromatic heterocycles. The lowest BCUT2D eigenvalue weighted by atomic mass is 9.95. The molecule has 0 saturated carbocycles. The predicted molar refractivity (Wildman–Crippen MR) is 126 cm³/mol. The highest BCUT2D eigenvalue weighted by atomic mass is 79.9. The Labute approximate surface area is 199 Å². The smallest absolute Gasteiger partial charge is 0.290 e. The van der Waals surface area contributed by atoms with Gasteiger partial charge in [0.15, 0.2) is 11.5 Å². The maximum atomic E-state index is 13.5. The number of hydrogen-bond donors (Lipinski definition) is 1. The minimum absolute atomic E-state index is 0.0105. The first-order valence-corrected chi connectivity index (χ1v) is 11.3. The third kappa shape index (κ3) is 4.54. The third-order valence-electron chi connectivity index (χ3n) is 5.35. The molecule has 0 saturated heterocycles. The summed E-state index contributed by atoms with van der Waals surface area (Å²) in [5.41, 5.74) is 1.18. The van der Waals surface area contributed by atoms with Crippen LogP contribution in [-0.2, 0) is 9.53 Å². The number of carbonyl (C=O) groups is 2. The van der Waals surface area contributed by atoms with Crippen molar-refractivity contribution in [1.82, 2.24) is 4.90 Å². The number of carbonyl (C=O) groups excluding carboxylic acids is 2. The molecule has 0 spiro atoms. The lowest BCUT2D eigenvalue weighted by Crippen LogP contribution is -2.34. The third-order valence-corrected chi connectivity index (χ3v) is 5.85.